The molecule has 1 aliphatic rings. The fraction of sp³-hybridized carbons (Fsp3) is 0.385. The molecule has 0 bridgehead atoms. The second kappa shape index (κ2) is 4.31. The van der Waals surface area contributed by atoms with Gasteiger partial charge in [0.15, 0.2) is 0 Å². The Hall–Kier alpha value is -2.06. The minimum atomic E-state index is -1.21. The van der Waals surface area contributed by atoms with Gasteiger partial charge in [0.2, 0.25) is 0 Å². The quantitative estimate of drug-likeness (QED) is 0.806. The molecule has 1 aromatic rings. The number of carboxylic acids is 1. The summed E-state index contributed by atoms with van der Waals surface area (Å²) in [4.78, 5) is 13.0. The van der Waals surface area contributed by atoms with E-state index in [1.165, 1.54) is 0 Å². The number of carbonyl (C=O) groups is 1. The first-order chi connectivity index (χ1) is 8.46. The van der Waals surface area contributed by atoms with E-state index in [0.717, 1.165) is 11.3 Å². The molecule has 2 rings (SSSR count). The third-order valence-electron chi connectivity index (χ3n) is 3.34. The molecule has 1 aromatic carbocycles. The number of aryl methyl sites for hydroxylation is 1. The van der Waals surface area contributed by atoms with Gasteiger partial charge in [-0.1, -0.05) is 6.07 Å². The first-order valence-electron chi connectivity index (χ1n) is 5.74. The lowest BCUT2D eigenvalue weighted by atomic mass is 10.0. The number of nitrogens with zero attached hydrogens (tertiary/aromatic N) is 2. The van der Waals surface area contributed by atoms with Crippen LogP contribution in [0.1, 0.15) is 17.5 Å². The molecule has 0 amide bonds. The summed E-state index contributed by atoms with van der Waals surface area (Å²) in [5, 5.41) is 18.2. The van der Waals surface area contributed by atoms with Crippen LogP contribution in [0.4, 0.5) is 5.69 Å². The van der Waals surface area contributed by atoms with Gasteiger partial charge in [0.05, 0.1) is 11.3 Å². The predicted molar refractivity (Wildman–Crippen MR) is 67.3 cm³/mol. The SMILES string of the molecule is Cc1ccc(C#N)c(N2CCC(N)(C(=O)O)C2)c1. The first-order valence-corrected chi connectivity index (χ1v) is 5.74. The normalized spacial score (nSPS) is 22.8. The minimum absolute atomic E-state index is 0.237. The van der Waals surface area contributed by atoms with E-state index >= 15 is 0 Å². The molecular weight excluding hydrogens is 230 g/mol. The molecule has 18 heavy (non-hydrogen) atoms. The second-order valence-electron chi connectivity index (χ2n) is 4.77. The second-order valence-corrected chi connectivity index (χ2v) is 4.77. The van der Waals surface area contributed by atoms with Gasteiger partial charge in [-0.3, -0.25) is 4.79 Å². The first kappa shape index (κ1) is 12.4. The Morgan fingerprint density at radius 1 is 1.61 bits per heavy atom. The smallest absolute Gasteiger partial charge is 0.325 e. The molecular formula is C13H15N3O2. The molecule has 0 radical (unpaired) electrons. The highest BCUT2D eigenvalue weighted by Gasteiger charge is 2.41. The zero-order chi connectivity index (χ0) is 13.3. The van der Waals surface area contributed by atoms with E-state index in [0.29, 0.717) is 18.5 Å². The third-order valence-corrected chi connectivity index (χ3v) is 3.34. The van der Waals surface area contributed by atoms with Crippen molar-refractivity contribution in [3.63, 3.8) is 0 Å². The highest BCUT2D eigenvalue weighted by atomic mass is 16.4. The zero-order valence-electron chi connectivity index (χ0n) is 10.2. The van der Waals surface area contributed by atoms with Gasteiger partial charge in [0, 0.05) is 13.1 Å². The molecule has 5 heteroatoms. The van der Waals surface area contributed by atoms with Gasteiger partial charge in [-0.25, -0.2) is 0 Å². The Morgan fingerprint density at radius 3 is 2.89 bits per heavy atom. The number of nitriles is 1. The van der Waals surface area contributed by atoms with Gasteiger partial charge in [-0.15, -0.1) is 0 Å². The number of aliphatic carboxylic acids is 1. The molecule has 1 saturated heterocycles. The Morgan fingerprint density at radius 2 is 2.33 bits per heavy atom. The van der Waals surface area contributed by atoms with Gasteiger partial charge < -0.3 is 15.7 Å². The lowest BCUT2D eigenvalue weighted by Gasteiger charge is -2.22. The molecule has 0 spiro atoms. The lowest BCUT2D eigenvalue weighted by Crippen LogP contribution is -2.50. The summed E-state index contributed by atoms with van der Waals surface area (Å²) in [7, 11) is 0. The molecule has 3 N–H and O–H groups in total. The van der Waals surface area contributed by atoms with Crippen LogP contribution >= 0.6 is 0 Å². The van der Waals surface area contributed by atoms with E-state index in [4.69, 9.17) is 16.1 Å². The van der Waals surface area contributed by atoms with Gasteiger partial charge >= 0.3 is 5.97 Å². The number of benzene rings is 1. The van der Waals surface area contributed by atoms with E-state index in [9.17, 15) is 4.79 Å². The van der Waals surface area contributed by atoms with Crippen LogP contribution in [0.15, 0.2) is 18.2 Å². The van der Waals surface area contributed by atoms with Crippen molar-refractivity contribution in [2.45, 2.75) is 18.9 Å². The number of hydrogen-bond acceptors (Lipinski definition) is 4. The van der Waals surface area contributed by atoms with Crippen LogP contribution in [-0.4, -0.2) is 29.7 Å². The minimum Gasteiger partial charge on any atom is -0.480 e. The van der Waals surface area contributed by atoms with E-state index in [2.05, 4.69) is 6.07 Å². The summed E-state index contributed by atoms with van der Waals surface area (Å²) >= 11 is 0. The van der Waals surface area contributed by atoms with Crippen LogP contribution in [0, 0.1) is 18.3 Å². The monoisotopic (exact) mass is 245 g/mol. The van der Waals surface area contributed by atoms with Crippen molar-refractivity contribution in [2.24, 2.45) is 5.73 Å². The number of hydrogen-bond donors (Lipinski definition) is 2. The van der Waals surface area contributed by atoms with Gasteiger partial charge in [0.25, 0.3) is 0 Å². The van der Waals surface area contributed by atoms with Gasteiger partial charge in [-0.05, 0) is 31.0 Å². The van der Waals surface area contributed by atoms with Crippen LogP contribution in [0.3, 0.4) is 0 Å². The van der Waals surface area contributed by atoms with Crippen molar-refractivity contribution in [1.82, 2.24) is 0 Å². The molecule has 5 nitrogen and oxygen atoms in total. The number of carboxylic acid groups (broad SMARTS) is 1. The standard InChI is InChI=1S/C13H15N3O2/c1-9-2-3-10(7-14)11(6-9)16-5-4-13(15,8-16)12(17)18/h2-3,6H,4-5,8,15H2,1H3,(H,17,18). The van der Waals surface area contributed by atoms with Crippen molar-refractivity contribution >= 4 is 11.7 Å². The highest BCUT2D eigenvalue weighted by Crippen LogP contribution is 2.28. The molecule has 1 heterocycles. The maximum Gasteiger partial charge on any atom is 0.325 e. The van der Waals surface area contributed by atoms with Crippen molar-refractivity contribution in [1.29, 1.82) is 5.26 Å². The molecule has 0 aliphatic carbocycles. The molecule has 1 atom stereocenters. The largest absolute Gasteiger partial charge is 0.480 e. The Labute approximate surface area is 105 Å². The summed E-state index contributed by atoms with van der Waals surface area (Å²) in [5.41, 5.74) is 6.98. The Balaban J connectivity index is 2.33. The van der Waals surface area contributed by atoms with E-state index in [1.807, 2.05) is 24.0 Å². The van der Waals surface area contributed by atoms with E-state index in [1.54, 1.807) is 6.07 Å². The summed E-state index contributed by atoms with van der Waals surface area (Å²) < 4.78 is 0. The van der Waals surface area contributed by atoms with Crippen molar-refractivity contribution in [3.8, 4) is 6.07 Å². The number of rotatable bonds is 2. The third kappa shape index (κ3) is 2.03. The molecule has 94 valence electrons. The molecule has 1 unspecified atom stereocenters. The highest BCUT2D eigenvalue weighted by molar-refractivity contribution is 5.81. The van der Waals surface area contributed by atoms with Crippen molar-refractivity contribution in [3.05, 3.63) is 29.3 Å². The van der Waals surface area contributed by atoms with Crippen LogP contribution in [0.5, 0.6) is 0 Å². The van der Waals surface area contributed by atoms with E-state index < -0.39 is 11.5 Å². The Bertz CT molecular complexity index is 536. The Kier molecular flexibility index (Phi) is 2.97. The summed E-state index contributed by atoms with van der Waals surface area (Å²) in [6.07, 6.45) is 0.390. The predicted octanol–water partition coefficient (Wildman–Crippen LogP) is 0.859. The van der Waals surface area contributed by atoms with Gasteiger partial charge in [0.1, 0.15) is 11.6 Å². The van der Waals surface area contributed by atoms with Crippen LogP contribution in [0.2, 0.25) is 0 Å². The fourth-order valence-corrected chi connectivity index (χ4v) is 2.21. The van der Waals surface area contributed by atoms with Gasteiger partial charge in [-0.2, -0.15) is 5.26 Å². The lowest BCUT2D eigenvalue weighted by molar-refractivity contribution is -0.142. The molecule has 1 fully saturated rings. The maximum absolute atomic E-state index is 11.1. The summed E-state index contributed by atoms with van der Waals surface area (Å²) in [6.45, 7) is 2.73. The fourth-order valence-electron chi connectivity index (χ4n) is 2.21. The molecule has 0 aromatic heterocycles. The molecule has 0 saturated carbocycles. The summed E-state index contributed by atoms with van der Waals surface area (Å²) in [5.74, 6) is -0.990. The van der Waals surface area contributed by atoms with Crippen LogP contribution in [-0.2, 0) is 4.79 Å². The average Bonchev–Trinajstić information content (AvgIpc) is 2.73. The maximum atomic E-state index is 11.1. The van der Waals surface area contributed by atoms with Crippen molar-refractivity contribution in [2.75, 3.05) is 18.0 Å². The number of anilines is 1. The van der Waals surface area contributed by atoms with E-state index in [-0.39, 0.29) is 6.54 Å². The van der Waals surface area contributed by atoms with Crippen molar-refractivity contribution < 1.29 is 9.90 Å². The topological polar surface area (TPSA) is 90.4 Å². The van der Waals surface area contributed by atoms with Crippen LogP contribution in [0.25, 0.3) is 0 Å². The zero-order valence-corrected chi connectivity index (χ0v) is 10.2. The average molecular weight is 245 g/mol. The van der Waals surface area contributed by atoms with Crippen LogP contribution < -0.4 is 10.6 Å². The summed E-state index contributed by atoms with van der Waals surface area (Å²) in [6, 6.07) is 7.64. The molecule has 1 aliphatic heterocycles. The number of nitrogens with two attached hydrogens (primary N) is 1.